The molecule has 4 nitrogen and oxygen atoms in total. The molecule has 0 spiro atoms. The van der Waals surface area contributed by atoms with E-state index >= 15 is 0 Å². The molecule has 15 heavy (non-hydrogen) atoms. The third kappa shape index (κ3) is 4.24. The number of rotatable bonds is 5. The molecule has 1 aromatic heterocycles. The molecule has 0 aromatic carbocycles. The van der Waals surface area contributed by atoms with Gasteiger partial charge >= 0.3 is 0 Å². The van der Waals surface area contributed by atoms with Gasteiger partial charge in [-0.15, -0.1) is 0 Å². The van der Waals surface area contributed by atoms with Crippen LogP contribution in [0.15, 0.2) is 11.2 Å². The van der Waals surface area contributed by atoms with Gasteiger partial charge in [0.25, 0.3) is 0 Å². The Kier molecular flexibility index (Phi) is 5.14. The van der Waals surface area contributed by atoms with Gasteiger partial charge in [-0.2, -0.15) is 0 Å². The van der Waals surface area contributed by atoms with Crippen LogP contribution in [0, 0.1) is 0 Å². The normalized spacial score (nSPS) is 12.5. The molecule has 1 unspecified atom stereocenters. The fourth-order valence-electron chi connectivity index (χ4n) is 0.910. The van der Waals surface area contributed by atoms with Crippen molar-refractivity contribution in [2.45, 2.75) is 18.2 Å². The third-order valence-electron chi connectivity index (χ3n) is 1.83. The van der Waals surface area contributed by atoms with Crippen LogP contribution in [-0.4, -0.2) is 36.0 Å². The Morgan fingerprint density at radius 2 is 2.33 bits per heavy atom. The van der Waals surface area contributed by atoms with Crippen LogP contribution in [-0.2, 0) is 4.74 Å². The monoisotopic (exact) mass is 247 g/mol. The molecule has 0 aliphatic carbocycles. The number of nitrogens with one attached hydrogen (secondary N) is 1. The SMILES string of the molecule is COC(C)CNc1cc(Cl)nc(SC)n1. The first-order valence-electron chi connectivity index (χ1n) is 4.51. The van der Waals surface area contributed by atoms with Crippen molar-refractivity contribution in [1.82, 2.24) is 9.97 Å². The van der Waals surface area contributed by atoms with Crippen molar-refractivity contribution < 1.29 is 4.74 Å². The highest BCUT2D eigenvalue weighted by atomic mass is 35.5. The van der Waals surface area contributed by atoms with Gasteiger partial charge in [0.05, 0.1) is 6.10 Å². The van der Waals surface area contributed by atoms with Crippen LogP contribution < -0.4 is 5.32 Å². The summed E-state index contributed by atoms with van der Waals surface area (Å²) in [5, 5.41) is 4.25. The predicted molar refractivity (Wildman–Crippen MR) is 63.8 cm³/mol. The van der Waals surface area contributed by atoms with Crippen LogP contribution in [0.5, 0.6) is 0 Å². The average Bonchev–Trinajstić information content (AvgIpc) is 2.25. The van der Waals surface area contributed by atoms with E-state index in [1.54, 1.807) is 13.2 Å². The largest absolute Gasteiger partial charge is 0.380 e. The first-order valence-corrected chi connectivity index (χ1v) is 6.11. The fourth-order valence-corrected chi connectivity index (χ4v) is 1.52. The molecule has 6 heteroatoms. The van der Waals surface area contributed by atoms with Gasteiger partial charge in [0, 0.05) is 19.7 Å². The molecule has 0 saturated heterocycles. The van der Waals surface area contributed by atoms with Gasteiger partial charge in [-0.05, 0) is 13.2 Å². The summed E-state index contributed by atoms with van der Waals surface area (Å²) in [6.07, 6.45) is 2.05. The molecule has 84 valence electrons. The Balaban J connectivity index is 2.64. The molecule has 1 aromatic rings. The number of halogens is 1. The number of nitrogens with zero attached hydrogens (tertiary/aromatic N) is 2. The number of hydrogen-bond donors (Lipinski definition) is 1. The van der Waals surface area contributed by atoms with E-state index in [0.717, 1.165) is 5.82 Å². The Bertz CT molecular complexity index is 324. The standard InChI is InChI=1S/C9H14ClN3OS/c1-6(14-2)5-11-8-4-7(10)12-9(13-8)15-3/h4,6H,5H2,1-3H3,(H,11,12,13). The van der Waals surface area contributed by atoms with E-state index in [0.29, 0.717) is 16.9 Å². The topological polar surface area (TPSA) is 47.0 Å². The lowest BCUT2D eigenvalue weighted by molar-refractivity contribution is 0.128. The lowest BCUT2D eigenvalue weighted by Crippen LogP contribution is -2.18. The minimum Gasteiger partial charge on any atom is -0.380 e. The second kappa shape index (κ2) is 6.15. The molecular weight excluding hydrogens is 234 g/mol. The highest BCUT2D eigenvalue weighted by Crippen LogP contribution is 2.17. The van der Waals surface area contributed by atoms with Gasteiger partial charge in [-0.1, -0.05) is 23.4 Å². The molecule has 0 saturated carbocycles. The van der Waals surface area contributed by atoms with Crippen molar-refractivity contribution in [1.29, 1.82) is 0 Å². The van der Waals surface area contributed by atoms with Gasteiger partial charge in [0.15, 0.2) is 5.16 Å². The predicted octanol–water partition coefficient (Wildman–Crippen LogP) is 2.30. The van der Waals surface area contributed by atoms with Gasteiger partial charge < -0.3 is 10.1 Å². The van der Waals surface area contributed by atoms with E-state index in [4.69, 9.17) is 16.3 Å². The van der Waals surface area contributed by atoms with Gasteiger partial charge in [-0.25, -0.2) is 9.97 Å². The zero-order valence-corrected chi connectivity index (χ0v) is 10.5. The van der Waals surface area contributed by atoms with Gasteiger partial charge in [-0.3, -0.25) is 0 Å². The average molecular weight is 248 g/mol. The van der Waals surface area contributed by atoms with Crippen molar-refractivity contribution in [3.8, 4) is 0 Å². The molecule has 1 N–H and O–H groups in total. The van der Waals surface area contributed by atoms with E-state index in [-0.39, 0.29) is 6.10 Å². The van der Waals surface area contributed by atoms with Crippen LogP contribution in [0.1, 0.15) is 6.92 Å². The third-order valence-corrected chi connectivity index (χ3v) is 2.57. The number of anilines is 1. The summed E-state index contributed by atoms with van der Waals surface area (Å²) in [4.78, 5) is 8.30. The van der Waals surface area contributed by atoms with E-state index < -0.39 is 0 Å². The molecule has 1 atom stereocenters. The number of ether oxygens (including phenoxy) is 1. The summed E-state index contributed by atoms with van der Waals surface area (Å²) in [7, 11) is 1.67. The number of hydrogen-bond acceptors (Lipinski definition) is 5. The molecule has 0 amide bonds. The number of methoxy groups -OCH3 is 1. The summed E-state index contributed by atoms with van der Waals surface area (Å²) in [5.41, 5.74) is 0. The van der Waals surface area contributed by atoms with Gasteiger partial charge in [0.2, 0.25) is 0 Å². The fraction of sp³-hybridized carbons (Fsp3) is 0.556. The second-order valence-corrected chi connectivity index (χ2v) is 4.15. The maximum absolute atomic E-state index is 5.84. The molecule has 0 fully saturated rings. The molecule has 0 aliphatic heterocycles. The van der Waals surface area contributed by atoms with Crippen molar-refractivity contribution >= 4 is 29.2 Å². The van der Waals surface area contributed by atoms with Crippen LogP contribution in [0.25, 0.3) is 0 Å². The lowest BCUT2D eigenvalue weighted by atomic mass is 10.4. The summed E-state index contributed by atoms with van der Waals surface area (Å²) < 4.78 is 5.11. The van der Waals surface area contributed by atoms with Crippen molar-refractivity contribution in [3.63, 3.8) is 0 Å². The van der Waals surface area contributed by atoms with Crippen molar-refractivity contribution in [2.24, 2.45) is 0 Å². The Morgan fingerprint density at radius 3 is 2.93 bits per heavy atom. The van der Waals surface area contributed by atoms with Crippen molar-refractivity contribution in [2.75, 3.05) is 25.2 Å². The minimum atomic E-state index is 0.136. The summed E-state index contributed by atoms with van der Waals surface area (Å²) in [6.45, 7) is 2.67. The molecule has 1 heterocycles. The lowest BCUT2D eigenvalue weighted by Gasteiger charge is -2.11. The smallest absolute Gasteiger partial charge is 0.190 e. The molecule has 0 aliphatic rings. The van der Waals surface area contributed by atoms with Crippen LogP contribution in [0.2, 0.25) is 5.15 Å². The molecule has 0 bridgehead atoms. The minimum absolute atomic E-state index is 0.136. The number of aromatic nitrogens is 2. The van der Waals surface area contributed by atoms with Crippen LogP contribution in [0.3, 0.4) is 0 Å². The van der Waals surface area contributed by atoms with E-state index in [1.807, 2.05) is 13.2 Å². The summed E-state index contributed by atoms with van der Waals surface area (Å²) in [6, 6.07) is 1.70. The highest BCUT2D eigenvalue weighted by Gasteiger charge is 2.04. The molecular formula is C9H14ClN3OS. The van der Waals surface area contributed by atoms with E-state index in [9.17, 15) is 0 Å². The van der Waals surface area contributed by atoms with Crippen molar-refractivity contribution in [3.05, 3.63) is 11.2 Å². The second-order valence-electron chi connectivity index (χ2n) is 2.99. The Morgan fingerprint density at radius 1 is 1.60 bits per heavy atom. The van der Waals surface area contributed by atoms with Gasteiger partial charge in [0.1, 0.15) is 11.0 Å². The van der Waals surface area contributed by atoms with E-state index in [1.165, 1.54) is 11.8 Å². The van der Waals surface area contributed by atoms with Crippen LogP contribution >= 0.6 is 23.4 Å². The Hall–Kier alpha value is -0.520. The zero-order chi connectivity index (χ0) is 11.3. The maximum Gasteiger partial charge on any atom is 0.190 e. The molecule has 0 radical (unpaired) electrons. The quantitative estimate of drug-likeness (QED) is 0.492. The van der Waals surface area contributed by atoms with E-state index in [2.05, 4.69) is 15.3 Å². The zero-order valence-electron chi connectivity index (χ0n) is 8.95. The summed E-state index contributed by atoms with van der Waals surface area (Å²) in [5.74, 6) is 0.725. The first kappa shape index (κ1) is 12.5. The Labute approximate surface area is 98.8 Å². The highest BCUT2D eigenvalue weighted by molar-refractivity contribution is 7.98. The van der Waals surface area contributed by atoms with Crippen LogP contribution in [0.4, 0.5) is 5.82 Å². The molecule has 1 rings (SSSR count). The first-order chi connectivity index (χ1) is 7.15. The summed E-state index contributed by atoms with van der Waals surface area (Å²) >= 11 is 7.30. The number of thioether (sulfide) groups is 1. The maximum atomic E-state index is 5.84.